The number of amides is 1. The average molecular weight is 374 g/mol. The number of hydrogen-bond acceptors (Lipinski definition) is 4. The van der Waals surface area contributed by atoms with Crippen LogP contribution in [0.4, 0.5) is 0 Å². The maximum Gasteiger partial charge on any atom is 0.329 e. The van der Waals surface area contributed by atoms with Gasteiger partial charge in [0.2, 0.25) is 5.91 Å². The lowest BCUT2D eigenvalue weighted by Gasteiger charge is -2.18. The van der Waals surface area contributed by atoms with Gasteiger partial charge in [0.1, 0.15) is 12.1 Å². The van der Waals surface area contributed by atoms with E-state index >= 15 is 0 Å². The zero-order valence-electron chi connectivity index (χ0n) is 12.7. The molecule has 6 nitrogen and oxygen atoms in total. The molecule has 1 aromatic carbocycles. The number of carboxylic acids is 1. The van der Waals surface area contributed by atoms with E-state index in [2.05, 4.69) is 5.32 Å². The summed E-state index contributed by atoms with van der Waals surface area (Å²) < 4.78 is 4.13. The van der Waals surface area contributed by atoms with Crippen molar-refractivity contribution in [2.75, 3.05) is 0 Å². The topological polar surface area (TPSA) is 92.7 Å². The van der Waals surface area contributed by atoms with Gasteiger partial charge in [0.05, 0.1) is 6.42 Å². The lowest BCUT2D eigenvalue weighted by molar-refractivity contribution is -0.149. The number of nitrogens with one attached hydrogen (secondary N) is 1. The van der Waals surface area contributed by atoms with Crippen LogP contribution in [0.2, 0.25) is 0 Å². The molecule has 0 radical (unpaired) electrons. The summed E-state index contributed by atoms with van der Waals surface area (Å²) in [6, 6.07) is 8.16. The van der Waals surface area contributed by atoms with E-state index in [1.54, 1.807) is 0 Å². The number of carbonyl (C=O) groups excluding carboxylic acids is 2. The van der Waals surface area contributed by atoms with Crippen molar-refractivity contribution in [2.24, 2.45) is 0 Å². The Morgan fingerprint density at radius 3 is 2.42 bits per heavy atom. The van der Waals surface area contributed by atoms with Gasteiger partial charge < -0.3 is 15.2 Å². The van der Waals surface area contributed by atoms with Gasteiger partial charge in [-0.1, -0.05) is 53.5 Å². The highest BCUT2D eigenvalue weighted by Crippen LogP contribution is 2.49. The first-order valence-electron chi connectivity index (χ1n) is 7.41. The second-order valence-corrected chi connectivity index (χ2v) is 7.14. The molecular weight excluding hydrogens is 357 g/mol. The zero-order chi connectivity index (χ0) is 17.7. The van der Waals surface area contributed by atoms with Crippen LogP contribution in [-0.2, 0) is 25.5 Å². The summed E-state index contributed by atoms with van der Waals surface area (Å²) in [5.74, 6) is -2.26. The summed E-state index contributed by atoms with van der Waals surface area (Å²) in [5, 5.41) is 11.1. The highest BCUT2D eigenvalue weighted by atomic mass is 35.5. The van der Waals surface area contributed by atoms with Crippen LogP contribution >= 0.6 is 23.2 Å². The predicted molar refractivity (Wildman–Crippen MR) is 87.9 cm³/mol. The minimum absolute atomic E-state index is 0.216. The number of benzene rings is 1. The van der Waals surface area contributed by atoms with Crippen LogP contribution in [0.15, 0.2) is 30.3 Å². The van der Waals surface area contributed by atoms with Crippen LogP contribution in [0.3, 0.4) is 0 Å². The van der Waals surface area contributed by atoms with Gasteiger partial charge in [-0.25, -0.2) is 4.79 Å². The van der Waals surface area contributed by atoms with Gasteiger partial charge in [0, 0.05) is 19.3 Å². The number of halogens is 2. The molecule has 1 amide bonds. The van der Waals surface area contributed by atoms with Gasteiger partial charge in [0.15, 0.2) is 4.33 Å². The van der Waals surface area contributed by atoms with E-state index < -0.39 is 34.3 Å². The number of ether oxygens (including phenoxy) is 1. The maximum atomic E-state index is 12.3. The third-order valence-corrected chi connectivity index (χ3v) is 4.29. The van der Waals surface area contributed by atoms with E-state index in [4.69, 9.17) is 33.0 Å². The Balaban J connectivity index is 1.99. The number of carboxylic acid groups (broad SMARTS) is 1. The molecule has 1 aromatic rings. The van der Waals surface area contributed by atoms with Crippen molar-refractivity contribution in [1.29, 1.82) is 0 Å². The van der Waals surface area contributed by atoms with Crippen molar-refractivity contribution in [3.05, 3.63) is 35.9 Å². The van der Waals surface area contributed by atoms with Crippen molar-refractivity contribution in [2.45, 2.75) is 42.2 Å². The lowest BCUT2D eigenvalue weighted by atomic mass is 10.1. The van der Waals surface area contributed by atoms with Crippen LogP contribution in [-0.4, -0.2) is 39.4 Å². The molecule has 2 rings (SSSR count). The van der Waals surface area contributed by atoms with Crippen LogP contribution < -0.4 is 5.32 Å². The van der Waals surface area contributed by atoms with Gasteiger partial charge in [-0.05, 0) is 5.56 Å². The van der Waals surface area contributed by atoms with Crippen molar-refractivity contribution in [1.82, 2.24) is 5.32 Å². The number of carbonyl (C=O) groups is 3. The minimum atomic E-state index is -1.08. The molecule has 1 aliphatic rings. The fourth-order valence-electron chi connectivity index (χ4n) is 2.07. The molecule has 2 atom stereocenters. The molecular formula is C16H17Cl2NO5. The van der Waals surface area contributed by atoms with Gasteiger partial charge in [-0.2, -0.15) is 0 Å². The average Bonchev–Trinajstić information content (AvgIpc) is 3.12. The van der Waals surface area contributed by atoms with E-state index in [9.17, 15) is 14.4 Å². The molecule has 0 bridgehead atoms. The molecule has 130 valence electrons. The molecule has 0 heterocycles. The Labute approximate surface area is 149 Å². The SMILES string of the molecule is O=C(O)CCC(=O)N[C@@H](Cc1ccccc1)C(=O)OC1CC1(Cl)Cl. The third kappa shape index (κ3) is 5.69. The molecule has 8 heteroatoms. The summed E-state index contributed by atoms with van der Waals surface area (Å²) in [5.41, 5.74) is 0.830. The van der Waals surface area contributed by atoms with Crippen molar-refractivity contribution in [3.8, 4) is 0 Å². The van der Waals surface area contributed by atoms with Crippen LogP contribution in [0.25, 0.3) is 0 Å². The third-order valence-electron chi connectivity index (χ3n) is 3.50. The van der Waals surface area contributed by atoms with E-state index in [1.165, 1.54) is 0 Å². The highest BCUT2D eigenvalue weighted by molar-refractivity contribution is 6.51. The van der Waals surface area contributed by atoms with Crippen LogP contribution in [0.1, 0.15) is 24.8 Å². The molecule has 1 saturated carbocycles. The molecule has 24 heavy (non-hydrogen) atoms. The second-order valence-electron chi connectivity index (χ2n) is 5.59. The largest absolute Gasteiger partial charge is 0.481 e. The number of rotatable bonds is 8. The summed E-state index contributed by atoms with van der Waals surface area (Å²) in [7, 11) is 0. The molecule has 1 unspecified atom stereocenters. The number of aliphatic carboxylic acids is 1. The summed E-state index contributed by atoms with van der Waals surface area (Å²) in [6.07, 6.45) is -0.557. The summed E-state index contributed by atoms with van der Waals surface area (Å²) >= 11 is 11.7. The number of alkyl halides is 2. The number of esters is 1. The Kier molecular flexibility index (Phi) is 6.07. The van der Waals surface area contributed by atoms with Crippen LogP contribution in [0.5, 0.6) is 0 Å². The highest BCUT2D eigenvalue weighted by Gasteiger charge is 2.55. The van der Waals surface area contributed by atoms with E-state index in [0.717, 1.165) is 5.56 Å². The predicted octanol–water partition coefficient (Wildman–Crippen LogP) is 2.07. The first-order valence-corrected chi connectivity index (χ1v) is 8.17. The van der Waals surface area contributed by atoms with E-state index in [1.807, 2.05) is 30.3 Å². The minimum Gasteiger partial charge on any atom is -0.481 e. The van der Waals surface area contributed by atoms with Gasteiger partial charge in [-0.3, -0.25) is 9.59 Å². The molecule has 1 fully saturated rings. The Morgan fingerprint density at radius 2 is 1.88 bits per heavy atom. The maximum absolute atomic E-state index is 12.3. The van der Waals surface area contributed by atoms with Crippen molar-refractivity contribution in [3.63, 3.8) is 0 Å². The monoisotopic (exact) mass is 373 g/mol. The fourth-order valence-corrected chi connectivity index (χ4v) is 2.44. The zero-order valence-corrected chi connectivity index (χ0v) is 14.2. The standard InChI is InChI=1S/C16H17Cl2NO5/c17-16(18)9-12(16)24-15(23)11(8-10-4-2-1-3-5-10)19-13(20)6-7-14(21)22/h1-5,11-12H,6-9H2,(H,19,20)(H,21,22)/t11-,12?/m0/s1. The van der Waals surface area contributed by atoms with E-state index in [-0.39, 0.29) is 19.3 Å². The molecule has 2 N–H and O–H groups in total. The Hall–Kier alpha value is -1.79. The number of hydrogen-bond donors (Lipinski definition) is 2. The van der Waals surface area contributed by atoms with Crippen LogP contribution in [0, 0.1) is 0 Å². The van der Waals surface area contributed by atoms with Crippen molar-refractivity contribution >= 4 is 41.0 Å². The Bertz CT molecular complexity index is 620. The summed E-state index contributed by atoms with van der Waals surface area (Å²) in [4.78, 5) is 34.7. The van der Waals surface area contributed by atoms with Gasteiger partial charge in [0.25, 0.3) is 0 Å². The lowest BCUT2D eigenvalue weighted by Crippen LogP contribution is -2.44. The molecule has 0 saturated heterocycles. The van der Waals surface area contributed by atoms with E-state index in [0.29, 0.717) is 6.42 Å². The van der Waals surface area contributed by atoms with Crippen molar-refractivity contribution < 1.29 is 24.2 Å². The molecule has 0 aromatic heterocycles. The quantitative estimate of drug-likeness (QED) is 0.537. The smallest absolute Gasteiger partial charge is 0.329 e. The first kappa shape index (κ1) is 18.5. The summed E-state index contributed by atoms with van der Waals surface area (Å²) in [6.45, 7) is 0. The molecule has 0 spiro atoms. The fraction of sp³-hybridized carbons (Fsp3) is 0.438. The first-order chi connectivity index (χ1) is 11.3. The van der Waals surface area contributed by atoms with Gasteiger partial charge in [-0.15, -0.1) is 0 Å². The van der Waals surface area contributed by atoms with Gasteiger partial charge >= 0.3 is 11.9 Å². The second kappa shape index (κ2) is 7.85. The molecule has 0 aliphatic heterocycles. The molecule has 1 aliphatic carbocycles. The normalized spacial score (nSPS) is 19.2. The Morgan fingerprint density at radius 1 is 1.25 bits per heavy atom.